The monoisotopic (exact) mass is 383 g/mol. The Balaban J connectivity index is 1.76. The molecule has 3 nitrogen and oxygen atoms in total. The number of hydrogen-bond donors (Lipinski definition) is 1. The largest absolute Gasteiger partial charge is 0.342 e. The van der Waals surface area contributed by atoms with Gasteiger partial charge >= 0.3 is 0 Å². The van der Waals surface area contributed by atoms with Gasteiger partial charge in [0, 0.05) is 5.69 Å². The van der Waals surface area contributed by atoms with Crippen LogP contribution in [0.25, 0.3) is 0 Å². The molecule has 1 aliphatic heterocycles. The topological polar surface area (TPSA) is 27.6 Å². The van der Waals surface area contributed by atoms with Crippen LogP contribution in [0, 0.1) is 6.92 Å². The number of hydrogen-bond acceptors (Lipinski definition) is 2. The van der Waals surface area contributed by atoms with Gasteiger partial charge in [-0.15, -0.1) is 0 Å². The first kappa shape index (κ1) is 17.5. The van der Waals surface area contributed by atoms with E-state index in [0.717, 1.165) is 42.9 Å². The van der Waals surface area contributed by atoms with E-state index in [4.69, 9.17) is 28.8 Å². The van der Waals surface area contributed by atoms with Crippen LogP contribution >= 0.6 is 23.8 Å². The number of aryl methyl sites for hydroxylation is 1. The Morgan fingerprint density at radius 2 is 1.85 bits per heavy atom. The van der Waals surface area contributed by atoms with Gasteiger partial charge in [0.1, 0.15) is 11.4 Å². The van der Waals surface area contributed by atoms with E-state index in [1.54, 1.807) is 0 Å². The summed E-state index contributed by atoms with van der Waals surface area (Å²) in [6, 6.07) is 16.3. The third-order valence-electron chi connectivity index (χ3n) is 5.32. The average Bonchev–Trinajstić information content (AvgIpc) is 2.87. The van der Waals surface area contributed by atoms with E-state index in [1.807, 2.05) is 24.3 Å². The number of anilines is 2. The fourth-order valence-electron chi connectivity index (χ4n) is 4.11. The Morgan fingerprint density at radius 1 is 1.08 bits per heavy atom. The summed E-state index contributed by atoms with van der Waals surface area (Å²) in [6.45, 7) is 2.10. The van der Waals surface area contributed by atoms with Crippen molar-refractivity contribution in [1.82, 2.24) is 0 Å². The first-order chi connectivity index (χ1) is 12.6. The lowest BCUT2D eigenvalue weighted by atomic mass is 9.79. The predicted molar refractivity (Wildman–Crippen MR) is 115 cm³/mol. The molecule has 134 valence electrons. The number of benzene rings is 2. The highest BCUT2D eigenvalue weighted by Crippen LogP contribution is 2.44. The molecule has 1 spiro atoms. The number of nitrogens with one attached hydrogen (secondary N) is 1. The minimum atomic E-state index is -0.232. The van der Waals surface area contributed by atoms with Gasteiger partial charge in [-0.1, -0.05) is 55.1 Å². The molecule has 2 aliphatic rings. The second-order valence-electron chi connectivity index (χ2n) is 7.12. The molecule has 1 N–H and O–H groups in total. The van der Waals surface area contributed by atoms with Crippen LogP contribution in [0.4, 0.5) is 11.4 Å². The highest BCUT2D eigenvalue weighted by atomic mass is 35.5. The molecule has 1 aliphatic carbocycles. The highest BCUT2D eigenvalue weighted by Gasteiger charge is 2.49. The maximum Gasteiger partial charge on any atom is 0.202 e. The van der Waals surface area contributed by atoms with Gasteiger partial charge < -0.3 is 10.2 Å². The van der Waals surface area contributed by atoms with Gasteiger partial charge in [0.15, 0.2) is 0 Å². The Kier molecular flexibility index (Phi) is 4.72. The van der Waals surface area contributed by atoms with Crippen molar-refractivity contribution in [1.29, 1.82) is 0 Å². The van der Waals surface area contributed by atoms with E-state index in [9.17, 15) is 0 Å². The second-order valence-corrected chi connectivity index (χ2v) is 7.89. The van der Waals surface area contributed by atoms with Gasteiger partial charge in [-0.25, -0.2) is 4.99 Å². The van der Waals surface area contributed by atoms with Crippen LogP contribution < -0.4 is 10.2 Å². The fraction of sp³-hybridized carbons (Fsp3) is 0.333. The summed E-state index contributed by atoms with van der Waals surface area (Å²) in [5.74, 6) is 0.952. The maximum absolute atomic E-state index is 6.53. The number of aliphatic imine (C=N–C) groups is 1. The van der Waals surface area contributed by atoms with Gasteiger partial charge in [-0.05, 0) is 61.8 Å². The average molecular weight is 384 g/mol. The number of halogens is 1. The van der Waals surface area contributed by atoms with E-state index in [2.05, 4.69) is 41.4 Å². The van der Waals surface area contributed by atoms with Gasteiger partial charge in [0.05, 0.1) is 10.7 Å². The van der Waals surface area contributed by atoms with Gasteiger partial charge in [0.2, 0.25) is 5.11 Å². The zero-order chi connectivity index (χ0) is 18.1. The fourth-order valence-corrected chi connectivity index (χ4v) is 4.69. The molecule has 26 heavy (non-hydrogen) atoms. The van der Waals surface area contributed by atoms with Gasteiger partial charge in [-0.2, -0.15) is 0 Å². The quantitative estimate of drug-likeness (QED) is 0.647. The van der Waals surface area contributed by atoms with Crippen molar-refractivity contribution in [2.45, 2.75) is 44.6 Å². The molecule has 0 saturated heterocycles. The summed E-state index contributed by atoms with van der Waals surface area (Å²) in [4.78, 5) is 6.98. The van der Waals surface area contributed by atoms with Crippen LogP contribution in [-0.2, 0) is 0 Å². The molecule has 0 atom stereocenters. The maximum atomic E-state index is 6.53. The van der Waals surface area contributed by atoms with Crippen LogP contribution in [0.1, 0.15) is 37.7 Å². The molecule has 2 aromatic rings. The van der Waals surface area contributed by atoms with Gasteiger partial charge in [0.25, 0.3) is 0 Å². The van der Waals surface area contributed by atoms with Crippen molar-refractivity contribution in [3.8, 4) is 0 Å². The zero-order valence-electron chi connectivity index (χ0n) is 14.8. The van der Waals surface area contributed by atoms with Crippen molar-refractivity contribution in [3.05, 3.63) is 59.1 Å². The van der Waals surface area contributed by atoms with E-state index < -0.39 is 0 Å². The molecule has 1 fully saturated rings. The van der Waals surface area contributed by atoms with E-state index in [1.165, 1.54) is 12.0 Å². The third kappa shape index (κ3) is 3.01. The van der Waals surface area contributed by atoms with E-state index >= 15 is 0 Å². The normalized spacial score (nSPS) is 18.9. The summed E-state index contributed by atoms with van der Waals surface area (Å²) >= 11 is 12.2. The standard InChI is InChI=1S/C21H22ClN3S/c1-15-8-7-9-16(14-15)23-19-21(12-5-2-6-13-21)25(20(26)24-19)18-11-4-3-10-17(18)22/h3-4,7-11,14H,2,5-6,12-13H2,1H3,(H,23,24,26). The minimum absolute atomic E-state index is 0.232. The molecule has 1 heterocycles. The first-order valence-electron chi connectivity index (χ1n) is 9.12. The molecule has 0 aromatic heterocycles. The molecule has 0 unspecified atom stereocenters. The molecule has 4 rings (SSSR count). The van der Waals surface area contributed by atoms with Crippen molar-refractivity contribution in [3.63, 3.8) is 0 Å². The predicted octanol–water partition coefficient (Wildman–Crippen LogP) is 5.97. The molecule has 0 amide bonds. The Morgan fingerprint density at radius 3 is 2.58 bits per heavy atom. The van der Waals surface area contributed by atoms with E-state index in [0.29, 0.717) is 10.1 Å². The number of nitrogens with zero attached hydrogens (tertiary/aromatic N) is 2. The van der Waals surface area contributed by atoms with Crippen LogP contribution in [0.5, 0.6) is 0 Å². The van der Waals surface area contributed by atoms with E-state index in [-0.39, 0.29) is 5.54 Å². The van der Waals surface area contributed by atoms with Crippen LogP contribution in [0.3, 0.4) is 0 Å². The molecule has 0 bridgehead atoms. The second kappa shape index (κ2) is 7.01. The Hall–Kier alpha value is -1.91. The SMILES string of the molecule is Cc1cccc(NC2=NC(=S)N(c3ccccc3Cl)C23CCCCC3)c1. The van der Waals surface area contributed by atoms with Crippen molar-refractivity contribution < 1.29 is 0 Å². The molecule has 0 radical (unpaired) electrons. The first-order valence-corrected chi connectivity index (χ1v) is 9.90. The van der Waals surface area contributed by atoms with Crippen molar-refractivity contribution >= 4 is 46.1 Å². The summed E-state index contributed by atoms with van der Waals surface area (Å²) in [6.07, 6.45) is 5.63. The van der Waals surface area contributed by atoms with Crippen molar-refractivity contribution in [2.75, 3.05) is 10.2 Å². The Bertz CT molecular complexity index is 871. The Labute approximate surface area is 165 Å². The molecule has 5 heteroatoms. The summed E-state index contributed by atoms with van der Waals surface area (Å²) in [5, 5.41) is 4.88. The molecule has 2 aromatic carbocycles. The number of thiocarbonyl (C=S) groups is 1. The van der Waals surface area contributed by atoms with Gasteiger partial charge in [-0.3, -0.25) is 0 Å². The smallest absolute Gasteiger partial charge is 0.202 e. The number of amidine groups is 1. The van der Waals surface area contributed by atoms with Crippen LogP contribution in [-0.4, -0.2) is 16.5 Å². The highest BCUT2D eigenvalue weighted by molar-refractivity contribution is 7.80. The lowest BCUT2D eigenvalue weighted by Crippen LogP contribution is -2.55. The summed E-state index contributed by atoms with van der Waals surface area (Å²) < 4.78 is 0. The number of rotatable bonds is 2. The number of para-hydroxylation sites is 1. The van der Waals surface area contributed by atoms with Crippen LogP contribution in [0.2, 0.25) is 5.02 Å². The van der Waals surface area contributed by atoms with Crippen molar-refractivity contribution in [2.24, 2.45) is 4.99 Å². The molecular formula is C21H22ClN3S. The summed E-state index contributed by atoms with van der Waals surface area (Å²) in [5.41, 5.74) is 2.99. The lowest BCUT2D eigenvalue weighted by Gasteiger charge is -2.43. The molecule has 1 saturated carbocycles. The van der Waals surface area contributed by atoms with Crippen LogP contribution in [0.15, 0.2) is 53.5 Å². The zero-order valence-corrected chi connectivity index (χ0v) is 16.4. The third-order valence-corrected chi connectivity index (χ3v) is 5.92. The summed E-state index contributed by atoms with van der Waals surface area (Å²) in [7, 11) is 0. The molecular weight excluding hydrogens is 362 g/mol. The lowest BCUT2D eigenvalue weighted by molar-refractivity contribution is 0.386. The minimum Gasteiger partial charge on any atom is -0.342 e.